The number of benzene rings is 1. The van der Waals surface area contributed by atoms with Crippen molar-refractivity contribution < 1.29 is 14.3 Å². The minimum absolute atomic E-state index is 0.0149. The minimum Gasteiger partial charge on any atom is -0.493 e. The highest BCUT2D eigenvalue weighted by Crippen LogP contribution is 2.17. The number of para-hydroxylation sites is 1. The van der Waals surface area contributed by atoms with Crippen molar-refractivity contribution in [2.24, 2.45) is 0 Å². The first-order valence-corrected chi connectivity index (χ1v) is 5.90. The first-order chi connectivity index (χ1) is 8.79. The monoisotopic (exact) mass is 248 g/mol. The summed E-state index contributed by atoms with van der Waals surface area (Å²) in [6.07, 6.45) is 1.49. The molecule has 1 N–H and O–H groups in total. The van der Waals surface area contributed by atoms with Crippen LogP contribution in [0.5, 0.6) is 5.75 Å². The van der Waals surface area contributed by atoms with Crippen LogP contribution in [0.15, 0.2) is 28.7 Å². The molecule has 2 aromatic rings. The molecule has 18 heavy (non-hydrogen) atoms. The van der Waals surface area contributed by atoms with Crippen molar-refractivity contribution in [3.05, 3.63) is 41.6 Å². The maximum Gasteiger partial charge on any atom is 0.216 e. The van der Waals surface area contributed by atoms with Gasteiger partial charge in [-0.25, -0.2) is 0 Å². The van der Waals surface area contributed by atoms with Crippen molar-refractivity contribution in [2.75, 3.05) is 6.61 Å². The lowest BCUT2D eigenvalue weighted by atomic mass is 10.2. The van der Waals surface area contributed by atoms with E-state index in [1.807, 2.05) is 24.3 Å². The molecule has 0 aliphatic carbocycles. The van der Waals surface area contributed by atoms with Gasteiger partial charge in [0.2, 0.25) is 11.8 Å². The van der Waals surface area contributed by atoms with E-state index in [1.165, 1.54) is 0 Å². The second-order valence-corrected chi connectivity index (χ2v) is 3.93. The number of aromatic nitrogens is 2. The van der Waals surface area contributed by atoms with Crippen LogP contribution in [0.25, 0.3) is 0 Å². The Hall–Kier alpha value is -1.88. The zero-order valence-electron chi connectivity index (χ0n) is 10.3. The molecule has 0 bridgehead atoms. The standard InChI is InChI=1S/C13H16N2O3/c1-10-14-15-13(18-10)7-4-8-17-12-6-3-2-5-11(12)9-16/h2-3,5-6,16H,4,7-9H2,1H3. The fourth-order valence-electron chi connectivity index (χ4n) is 1.62. The Labute approximate surface area is 105 Å². The van der Waals surface area contributed by atoms with Crippen LogP contribution in [0, 0.1) is 6.92 Å². The average molecular weight is 248 g/mol. The molecule has 1 heterocycles. The fourth-order valence-corrected chi connectivity index (χ4v) is 1.62. The van der Waals surface area contributed by atoms with E-state index in [-0.39, 0.29) is 6.61 Å². The van der Waals surface area contributed by atoms with Crippen LogP contribution in [-0.4, -0.2) is 21.9 Å². The average Bonchev–Trinajstić information content (AvgIpc) is 2.81. The van der Waals surface area contributed by atoms with Gasteiger partial charge >= 0.3 is 0 Å². The van der Waals surface area contributed by atoms with E-state index in [0.29, 0.717) is 24.8 Å². The Morgan fingerprint density at radius 1 is 1.28 bits per heavy atom. The Morgan fingerprint density at radius 3 is 2.83 bits per heavy atom. The third kappa shape index (κ3) is 3.30. The predicted molar refractivity (Wildman–Crippen MR) is 65.2 cm³/mol. The van der Waals surface area contributed by atoms with Crippen LogP contribution in [0.4, 0.5) is 0 Å². The molecular formula is C13H16N2O3. The van der Waals surface area contributed by atoms with Gasteiger partial charge in [0, 0.05) is 18.9 Å². The topological polar surface area (TPSA) is 68.4 Å². The molecule has 0 amide bonds. The SMILES string of the molecule is Cc1nnc(CCCOc2ccccc2CO)o1. The molecule has 96 valence electrons. The molecule has 0 aliphatic rings. The quantitative estimate of drug-likeness (QED) is 0.790. The van der Waals surface area contributed by atoms with Gasteiger partial charge in [-0.05, 0) is 12.5 Å². The first-order valence-electron chi connectivity index (χ1n) is 5.90. The summed E-state index contributed by atoms with van der Waals surface area (Å²) in [5.74, 6) is 1.93. The van der Waals surface area contributed by atoms with Crippen molar-refractivity contribution in [1.82, 2.24) is 10.2 Å². The van der Waals surface area contributed by atoms with Gasteiger partial charge in [0.05, 0.1) is 13.2 Å². The van der Waals surface area contributed by atoms with E-state index in [1.54, 1.807) is 6.92 Å². The van der Waals surface area contributed by atoms with Crippen molar-refractivity contribution in [3.63, 3.8) is 0 Å². The van der Waals surface area contributed by atoms with Crippen molar-refractivity contribution >= 4 is 0 Å². The van der Waals surface area contributed by atoms with E-state index < -0.39 is 0 Å². The number of nitrogens with zero attached hydrogens (tertiary/aromatic N) is 2. The number of hydrogen-bond acceptors (Lipinski definition) is 5. The molecule has 1 aromatic carbocycles. The lowest BCUT2D eigenvalue weighted by Crippen LogP contribution is -2.02. The number of aliphatic hydroxyl groups is 1. The van der Waals surface area contributed by atoms with Crippen molar-refractivity contribution in [3.8, 4) is 5.75 Å². The molecule has 0 atom stereocenters. The molecule has 2 rings (SSSR count). The lowest BCUT2D eigenvalue weighted by molar-refractivity contribution is 0.260. The van der Waals surface area contributed by atoms with Gasteiger partial charge in [0.1, 0.15) is 5.75 Å². The van der Waals surface area contributed by atoms with Gasteiger partial charge in [0.15, 0.2) is 0 Å². The van der Waals surface area contributed by atoms with Crippen LogP contribution in [0.1, 0.15) is 23.8 Å². The van der Waals surface area contributed by atoms with Crippen LogP contribution in [0.2, 0.25) is 0 Å². The summed E-state index contributed by atoms with van der Waals surface area (Å²) in [7, 11) is 0. The van der Waals surface area contributed by atoms with Gasteiger partial charge < -0.3 is 14.3 Å². The maximum atomic E-state index is 9.14. The Kier molecular flexibility index (Phi) is 4.30. The summed E-state index contributed by atoms with van der Waals surface area (Å²) in [5, 5.41) is 16.8. The van der Waals surface area contributed by atoms with Crippen molar-refractivity contribution in [1.29, 1.82) is 0 Å². The van der Waals surface area contributed by atoms with E-state index in [4.69, 9.17) is 14.3 Å². The molecule has 0 aliphatic heterocycles. The number of rotatable bonds is 6. The van der Waals surface area contributed by atoms with E-state index in [9.17, 15) is 0 Å². The fraction of sp³-hybridized carbons (Fsp3) is 0.385. The van der Waals surface area contributed by atoms with Crippen LogP contribution < -0.4 is 4.74 Å². The maximum absolute atomic E-state index is 9.14. The van der Waals surface area contributed by atoms with Gasteiger partial charge in [-0.1, -0.05) is 18.2 Å². The highest BCUT2D eigenvalue weighted by molar-refractivity contribution is 5.32. The third-order valence-corrected chi connectivity index (χ3v) is 2.50. The summed E-state index contributed by atoms with van der Waals surface area (Å²) in [5.41, 5.74) is 0.797. The summed E-state index contributed by atoms with van der Waals surface area (Å²) in [6.45, 7) is 2.31. The summed E-state index contributed by atoms with van der Waals surface area (Å²) >= 11 is 0. The molecule has 5 nitrogen and oxygen atoms in total. The highest BCUT2D eigenvalue weighted by atomic mass is 16.5. The van der Waals surface area contributed by atoms with Crippen molar-refractivity contribution in [2.45, 2.75) is 26.4 Å². The van der Waals surface area contributed by atoms with E-state index >= 15 is 0 Å². The summed E-state index contributed by atoms with van der Waals surface area (Å²) < 4.78 is 10.9. The molecule has 5 heteroatoms. The van der Waals surface area contributed by atoms with Crippen LogP contribution in [0.3, 0.4) is 0 Å². The predicted octanol–water partition coefficient (Wildman–Crippen LogP) is 1.88. The van der Waals surface area contributed by atoms with Gasteiger partial charge in [-0.2, -0.15) is 0 Å². The van der Waals surface area contributed by atoms with Gasteiger partial charge in [-0.15, -0.1) is 10.2 Å². The van der Waals surface area contributed by atoms with E-state index in [0.717, 1.165) is 17.7 Å². The molecule has 0 fully saturated rings. The number of hydrogen-bond donors (Lipinski definition) is 1. The minimum atomic E-state index is -0.0149. The molecule has 0 radical (unpaired) electrons. The molecule has 1 aromatic heterocycles. The van der Waals surface area contributed by atoms with E-state index in [2.05, 4.69) is 10.2 Å². The Balaban J connectivity index is 1.78. The lowest BCUT2D eigenvalue weighted by Gasteiger charge is -2.08. The zero-order valence-corrected chi connectivity index (χ0v) is 10.3. The smallest absolute Gasteiger partial charge is 0.216 e. The zero-order chi connectivity index (χ0) is 12.8. The largest absolute Gasteiger partial charge is 0.493 e. The Bertz CT molecular complexity index is 496. The molecule has 0 unspecified atom stereocenters. The summed E-state index contributed by atoms with van der Waals surface area (Å²) in [6, 6.07) is 7.45. The number of aryl methyl sites for hydroxylation is 2. The Morgan fingerprint density at radius 2 is 2.11 bits per heavy atom. The van der Waals surface area contributed by atoms with Gasteiger partial charge in [-0.3, -0.25) is 0 Å². The normalized spacial score (nSPS) is 10.6. The molecule has 0 saturated carbocycles. The third-order valence-electron chi connectivity index (χ3n) is 2.50. The number of aliphatic hydroxyl groups excluding tert-OH is 1. The highest BCUT2D eigenvalue weighted by Gasteiger charge is 2.04. The van der Waals surface area contributed by atoms with Crippen LogP contribution in [-0.2, 0) is 13.0 Å². The summed E-state index contributed by atoms with van der Waals surface area (Å²) in [4.78, 5) is 0. The first kappa shape index (κ1) is 12.6. The number of ether oxygens (including phenoxy) is 1. The van der Waals surface area contributed by atoms with Gasteiger partial charge in [0.25, 0.3) is 0 Å². The molecule has 0 saturated heterocycles. The molecular weight excluding hydrogens is 232 g/mol. The molecule has 0 spiro atoms. The van der Waals surface area contributed by atoms with Crippen LogP contribution >= 0.6 is 0 Å². The second-order valence-electron chi connectivity index (χ2n) is 3.93. The second kappa shape index (κ2) is 6.16.